The molecule has 1 aromatic carbocycles. The van der Waals surface area contributed by atoms with Crippen LogP contribution in [0.25, 0.3) is 10.2 Å². The Kier molecular flexibility index (Phi) is 3.49. The van der Waals surface area contributed by atoms with Crippen molar-refractivity contribution in [1.82, 2.24) is 9.97 Å². The number of hydrogen-bond acceptors (Lipinski definition) is 6. The molecule has 3 aromatic rings. The molecule has 0 bridgehead atoms. The summed E-state index contributed by atoms with van der Waals surface area (Å²) in [6, 6.07) is 12.0. The predicted octanol–water partition coefficient (Wildman–Crippen LogP) is 2.86. The van der Waals surface area contributed by atoms with Crippen LogP contribution >= 0.6 is 11.3 Å². The predicted molar refractivity (Wildman–Crippen MR) is 80.7 cm³/mol. The Balaban J connectivity index is 1.93. The van der Waals surface area contributed by atoms with Crippen LogP contribution < -0.4 is 16.0 Å². The van der Waals surface area contributed by atoms with Gasteiger partial charge in [-0.25, -0.2) is 10.8 Å². The zero-order valence-corrected chi connectivity index (χ0v) is 11.8. The third-order valence-electron chi connectivity index (χ3n) is 2.83. The number of aromatic nitrogens is 2. The van der Waals surface area contributed by atoms with Crippen molar-refractivity contribution in [1.29, 1.82) is 0 Å². The van der Waals surface area contributed by atoms with E-state index >= 15 is 0 Å². The molecule has 0 aliphatic heterocycles. The molecule has 0 saturated carbocycles. The highest BCUT2D eigenvalue weighted by molar-refractivity contribution is 7.18. The Morgan fingerprint density at radius 2 is 2.05 bits per heavy atom. The highest BCUT2D eigenvalue weighted by Crippen LogP contribution is 2.31. The first-order valence-electron chi connectivity index (χ1n) is 6.18. The van der Waals surface area contributed by atoms with E-state index < -0.39 is 0 Å². The summed E-state index contributed by atoms with van der Waals surface area (Å²) < 4.78 is 5.82. The maximum Gasteiger partial charge on any atom is 0.241 e. The summed E-state index contributed by atoms with van der Waals surface area (Å²) in [6.45, 7) is 2.49. The lowest BCUT2D eigenvalue weighted by Crippen LogP contribution is -2.11. The average molecular weight is 286 g/mol. The molecule has 20 heavy (non-hydrogen) atoms. The van der Waals surface area contributed by atoms with Gasteiger partial charge in [-0.05, 0) is 18.6 Å². The number of nitrogens with zero attached hydrogens (tertiary/aromatic N) is 2. The molecule has 2 heterocycles. The number of hydrazine groups is 1. The Morgan fingerprint density at radius 3 is 2.80 bits per heavy atom. The molecule has 0 aliphatic carbocycles. The van der Waals surface area contributed by atoms with Gasteiger partial charge < -0.3 is 4.74 Å². The summed E-state index contributed by atoms with van der Waals surface area (Å²) in [5.74, 6) is 6.31. The van der Waals surface area contributed by atoms with E-state index in [1.165, 1.54) is 0 Å². The van der Waals surface area contributed by atoms with Crippen LogP contribution in [0.2, 0.25) is 0 Å². The van der Waals surface area contributed by atoms with Crippen molar-refractivity contribution in [3.8, 4) is 5.88 Å². The highest BCUT2D eigenvalue weighted by Gasteiger charge is 2.11. The Labute approximate surface area is 120 Å². The number of ether oxygens (including phenoxy) is 1. The van der Waals surface area contributed by atoms with Gasteiger partial charge in [-0.15, -0.1) is 11.3 Å². The highest BCUT2D eigenvalue weighted by atomic mass is 32.1. The number of thiophene rings is 1. The van der Waals surface area contributed by atoms with Crippen molar-refractivity contribution in [2.75, 3.05) is 5.43 Å². The number of anilines is 1. The fourth-order valence-electron chi connectivity index (χ4n) is 1.92. The van der Waals surface area contributed by atoms with E-state index in [9.17, 15) is 0 Å². The van der Waals surface area contributed by atoms with Gasteiger partial charge in [-0.2, -0.15) is 4.98 Å². The fourth-order valence-corrected chi connectivity index (χ4v) is 2.79. The van der Waals surface area contributed by atoms with Crippen LogP contribution in [0.3, 0.4) is 0 Å². The van der Waals surface area contributed by atoms with Gasteiger partial charge >= 0.3 is 0 Å². The SMILES string of the molecule is Cc1cc2c(OCc3ccccc3)nc(NN)nc2s1. The topological polar surface area (TPSA) is 73.1 Å². The van der Waals surface area contributed by atoms with E-state index in [4.69, 9.17) is 10.6 Å². The number of nitrogens with two attached hydrogens (primary N) is 1. The smallest absolute Gasteiger partial charge is 0.241 e. The molecule has 0 fully saturated rings. The van der Waals surface area contributed by atoms with Gasteiger partial charge in [0.15, 0.2) is 0 Å². The molecule has 0 saturated heterocycles. The van der Waals surface area contributed by atoms with E-state index in [1.807, 2.05) is 43.3 Å². The number of nitrogen functional groups attached to an aromatic ring is 1. The van der Waals surface area contributed by atoms with E-state index in [1.54, 1.807) is 11.3 Å². The molecule has 3 rings (SSSR count). The molecule has 0 atom stereocenters. The summed E-state index contributed by atoms with van der Waals surface area (Å²) in [6.07, 6.45) is 0. The molecule has 102 valence electrons. The van der Waals surface area contributed by atoms with Crippen LogP contribution in [-0.4, -0.2) is 9.97 Å². The van der Waals surface area contributed by atoms with Gasteiger partial charge in [0.1, 0.15) is 11.4 Å². The van der Waals surface area contributed by atoms with Crippen LogP contribution in [0.1, 0.15) is 10.4 Å². The second-order valence-electron chi connectivity index (χ2n) is 4.35. The molecular weight excluding hydrogens is 272 g/mol. The number of hydrogen-bond donors (Lipinski definition) is 2. The lowest BCUT2D eigenvalue weighted by Gasteiger charge is -2.07. The third-order valence-corrected chi connectivity index (χ3v) is 3.77. The molecule has 6 heteroatoms. The second kappa shape index (κ2) is 5.44. The van der Waals surface area contributed by atoms with Crippen molar-refractivity contribution in [3.05, 3.63) is 46.8 Å². The van der Waals surface area contributed by atoms with Crippen molar-refractivity contribution >= 4 is 27.5 Å². The van der Waals surface area contributed by atoms with Crippen molar-refractivity contribution in [2.45, 2.75) is 13.5 Å². The maximum absolute atomic E-state index is 5.82. The summed E-state index contributed by atoms with van der Waals surface area (Å²) in [5.41, 5.74) is 3.56. The minimum atomic E-state index is 0.363. The van der Waals surface area contributed by atoms with Crippen LogP contribution in [0.15, 0.2) is 36.4 Å². The number of benzene rings is 1. The number of fused-ring (bicyclic) bond motifs is 1. The van der Waals surface area contributed by atoms with Crippen LogP contribution in [-0.2, 0) is 6.61 Å². The number of rotatable bonds is 4. The fraction of sp³-hybridized carbons (Fsp3) is 0.143. The van der Waals surface area contributed by atoms with E-state index in [2.05, 4.69) is 15.4 Å². The summed E-state index contributed by atoms with van der Waals surface area (Å²) >= 11 is 1.59. The lowest BCUT2D eigenvalue weighted by atomic mass is 10.2. The molecule has 3 N–H and O–H groups in total. The van der Waals surface area contributed by atoms with Crippen LogP contribution in [0, 0.1) is 6.92 Å². The Morgan fingerprint density at radius 1 is 1.25 bits per heavy atom. The molecule has 2 aromatic heterocycles. The lowest BCUT2D eigenvalue weighted by molar-refractivity contribution is 0.298. The Hall–Kier alpha value is -2.18. The quantitative estimate of drug-likeness (QED) is 0.570. The number of nitrogens with one attached hydrogen (secondary N) is 1. The molecular formula is C14H14N4OS. The van der Waals surface area contributed by atoms with Gasteiger partial charge in [0.05, 0.1) is 5.39 Å². The second-order valence-corrected chi connectivity index (χ2v) is 5.58. The van der Waals surface area contributed by atoms with Crippen molar-refractivity contribution < 1.29 is 4.74 Å². The van der Waals surface area contributed by atoms with Gasteiger partial charge in [0.25, 0.3) is 0 Å². The summed E-state index contributed by atoms with van der Waals surface area (Å²) in [4.78, 5) is 10.6. The van der Waals surface area contributed by atoms with Gasteiger partial charge in [-0.3, -0.25) is 5.43 Å². The molecule has 0 radical (unpaired) electrons. The van der Waals surface area contributed by atoms with Gasteiger partial charge in [-0.1, -0.05) is 30.3 Å². The van der Waals surface area contributed by atoms with Crippen molar-refractivity contribution in [2.24, 2.45) is 5.84 Å². The largest absolute Gasteiger partial charge is 0.472 e. The summed E-state index contributed by atoms with van der Waals surface area (Å²) in [7, 11) is 0. The molecule has 5 nitrogen and oxygen atoms in total. The first-order chi connectivity index (χ1) is 9.76. The first kappa shape index (κ1) is 12.8. The minimum absolute atomic E-state index is 0.363. The monoisotopic (exact) mass is 286 g/mol. The van der Waals surface area contributed by atoms with Gasteiger partial charge in [0.2, 0.25) is 11.8 Å². The van der Waals surface area contributed by atoms with E-state index in [0.29, 0.717) is 18.4 Å². The molecule has 0 amide bonds. The molecule has 0 unspecified atom stereocenters. The molecule has 0 aliphatic rings. The summed E-state index contributed by atoms with van der Waals surface area (Å²) in [5, 5.41) is 0.919. The number of aryl methyl sites for hydroxylation is 1. The average Bonchev–Trinajstić information content (AvgIpc) is 2.86. The Bertz CT molecular complexity index is 727. The van der Waals surface area contributed by atoms with Crippen LogP contribution in [0.5, 0.6) is 5.88 Å². The zero-order chi connectivity index (χ0) is 13.9. The maximum atomic E-state index is 5.82. The standard InChI is InChI=1S/C14H14N4OS/c1-9-7-11-12(16-14(18-15)17-13(11)20-9)19-8-10-5-3-2-4-6-10/h2-7H,8,15H2,1H3,(H,16,17,18). The van der Waals surface area contributed by atoms with E-state index in [-0.39, 0.29) is 0 Å². The minimum Gasteiger partial charge on any atom is -0.472 e. The first-order valence-corrected chi connectivity index (χ1v) is 6.99. The van der Waals surface area contributed by atoms with Gasteiger partial charge in [0, 0.05) is 4.88 Å². The molecule has 0 spiro atoms. The zero-order valence-electron chi connectivity index (χ0n) is 11.0. The normalized spacial score (nSPS) is 10.7. The third kappa shape index (κ3) is 2.56. The van der Waals surface area contributed by atoms with E-state index in [0.717, 1.165) is 20.7 Å². The van der Waals surface area contributed by atoms with Crippen molar-refractivity contribution in [3.63, 3.8) is 0 Å². The van der Waals surface area contributed by atoms with Crippen LogP contribution in [0.4, 0.5) is 5.95 Å².